The summed E-state index contributed by atoms with van der Waals surface area (Å²) in [5.41, 5.74) is 17.7. The quantitative estimate of drug-likeness (QED) is 0.0520. The van der Waals surface area contributed by atoms with Crippen molar-refractivity contribution < 1.29 is 59.5 Å². The van der Waals surface area contributed by atoms with Crippen LogP contribution in [0.3, 0.4) is 0 Å². The van der Waals surface area contributed by atoms with Crippen LogP contribution in [0.5, 0.6) is 0 Å². The van der Waals surface area contributed by atoms with Crippen LogP contribution in [0.15, 0.2) is 9.98 Å². The summed E-state index contributed by atoms with van der Waals surface area (Å²) in [6.07, 6.45) is -15.6. The van der Waals surface area contributed by atoms with Crippen LogP contribution in [0.1, 0.15) is 6.92 Å². The number of aliphatic hydroxyl groups excluding tert-OH is 6. The van der Waals surface area contributed by atoms with Gasteiger partial charge in [0.15, 0.2) is 36.2 Å². The Balaban J connectivity index is 2.01. The summed E-state index contributed by atoms with van der Waals surface area (Å²) in [6.45, 7) is 0.578. The Kier molecular flexibility index (Phi) is 10.1. The molecule has 0 aromatic carbocycles. The van der Waals surface area contributed by atoms with Gasteiger partial charge in [0.1, 0.15) is 54.8 Å². The Morgan fingerprint density at radius 2 is 1.73 bits per heavy atom. The highest BCUT2D eigenvalue weighted by Gasteiger charge is 2.64. The van der Waals surface area contributed by atoms with E-state index >= 15 is 0 Å². The van der Waals surface area contributed by atoms with Crippen LogP contribution in [-0.2, 0) is 23.7 Å². The molecule has 40 heavy (non-hydrogen) atoms. The van der Waals surface area contributed by atoms with E-state index in [1.54, 1.807) is 0 Å². The van der Waals surface area contributed by atoms with Crippen LogP contribution in [0.2, 0.25) is 0 Å². The lowest BCUT2D eigenvalue weighted by Gasteiger charge is -2.50. The first-order valence-electron chi connectivity index (χ1n) is 12.3. The van der Waals surface area contributed by atoms with Gasteiger partial charge in [-0.1, -0.05) is 0 Å². The summed E-state index contributed by atoms with van der Waals surface area (Å²) in [5.74, 6) is -0.588. The van der Waals surface area contributed by atoms with Gasteiger partial charge in [0.05, 0.1) is 25.1 Å². The molecule has 19 nitrogen and oxygen atoms in total. The molecule has 3 rings (SSSR count). The second kappa shape index (κ2) is 12.4. The molecule has 0 radical (unpaired) electrons. The largest absolute Gasteiger partial charge is 0.394 e. The fourth-order valence-corrected chi connectivity index (χ4v) is 5.14. The molecule has 0 unspecified atom stereocenters. The minimum absolute atomic E-state index is 0.112. The highest BCUT2D eigenvalue weighted by atomic mass is 16.8. The lowest BCUT2D eigenvalue weighted by molar-refractivity contribution is -0.328. The van der Waals surface area contributed by atoms with E-state index in [4.69, 9.17) is 41.9 Å². The number of aliphatic hydroxyl groups is 7. The van der Waals surface area contributed by atoms with Gasteiger partial charge in [-0.15, -0.1) is 0 Å². The van der Waals surface area contributed by atoms with Gasteiger partial charge in [0.2, 0.25) is 0 Å². The third-order valence-corrected chi connectivity index (χ3v) is 7.51. The highest BCUT2D eigenvalue weighted by Crippen LogP contribution is 2.40. The molecule has 19 heteroatoms. The average molecular weight is 582 g/mol. The Morgan fingerprint density at radius 1 is 1.07 bits per heavy atom. The molecule has 0 bridgehead atoms. The number of carbonyl (C=O) groups excluding carboxylic acids is 1. The molecule has 15 atom stereocenters. The molecule has 3 aliphatic rings. The summed E-state index contributed by atoms with van der Waals surface area (Å²) in [5, 5.41) is 76.8. The molecular weight excluding hydrogens is 542 g/mol. The standard InChI is InChI=1S/C21H39N7O12/c1-6-20(36,4-30)16(39-17-9(26-2)11(32)10(31)7(3-29)38-17)18(37-6)40-21(25)14(28-19(23)24)12(33)8(27-5-22)13(34)15(21)35/h4-18,26,29,31-36H,3,25H2,1-2H3,(H2,22,27)(H4,23,24,28)/t6-,7-,8+,9-,10-,11-,12+,13-,14-,15+,16-,17-,18-,20+,21+/m0/s1. The molecule has 3 fully saturated rings. The van der Waals surface area contributed by atoms with Crippen LogP contribution >= 0.6 is 0 Å². The van der Waals surface area contributed by atoms with E-state index in [-0.39, 0.29) is 6.29 Å². The van der Waals surface area contributed by atoms with E-state index < -0.39 is 103 Å². The molecule has 230 valence electrons. The number of rotatable bonds is 9. The number of carbonyl (C=O) groups is 1. The van der Waals surface area contributed by atoms with E-state index in [0.717, 1.165) is 6.34 Å². The summed E-state index contributed by atoms with van der Waals surface area (Å²) < 4.78 is 22.9. The van der Waals surface area contributed by atoms with Gasteiger partial charge in [0, 0.05) is 0 Å². The molecule has 2 heterocycles. The summed E-state index contributed by atoms with van der Waals surface area (Å²) in [7, 11) is 1.41. The maximum Gasteiger partial charge on any atom is 0.190 e. The molecule has 16 N–H and O–H groups in total. The molecule has 0 aromatic heterocycles. The topological polar surface area (TPSA) is 336 Å². The number of aldehydes is 1. The lowest BCUT2D eigenvalue weighted by Crippen LogP contribution is -2.76. The lowest BCUT2D eigenvalue weighted by atomic mass is 9.77. The van der Waals surface area contributed by atoms with Gasteiger partial charge in [-0.3, -0.25) is 15.5 Å². The van der Waals surface area contributed by atoms with Crippen molar-refractivity contribution in [2.45, 2.75) is 97.8 Å². The van der Waals surface area contributed by atoms with E-state index in [9.17, 15) is 40.5 Å². The van der Waals surface area contributed by atoms with Crippen molar-refractivity contribution in [3.63, 3.8) is 0 Å². The number of hydrogen-bond acceptors (Lipinski definition) is 16. The molecule has 1 aliphatic carbocycles. The van der Waals surface area contributed by atoms with E-state index in [0.29, 0.717) is 0 Å². The van der Waals surface area contributed by atoms with E-state index in [1.807, 2.05) is 0 Å². The Bertz CT molecular complexity index is 946. The van der Waals surface area contributed by atoms with Gasteiger partial charge >= 0.3 is 0 Å². The van der Waals surface area contributed by atoms with Crippen molar-refractivity contribution in [1.82, 2.24) is 5.32 Å². The van der Waals surface area contributed by atoms with Crippen LogP contribution < -0.4 is 28.3 Å². The minimum atomic E-state index is -2.55. The monoisotopic (exact) mass is 581 g/mol. The summed E-state index contributed by atoms with van der Waals surface area (Å²) in [6, 6.07) is -4.29. The fourth-order valence-electron chi connectivity index (χ4n) is 5.14. The van der Waals surface area contributed by atoms with Crippen LogP contribution in [0, 0.1) is 0 Å². The first-order chi connectivity index (χ1) is 18.7. The normalized spacial score (nSPS) is 49.7. The van der Waals surface area contributed by atoms with Crippen LogP contribution in [0.25, 0.3) is 0 Å². The highest BCUT2D eigenvalue weighted by molar-refractivity contribution is 5.76. The average Bonchev–Trinajstić information content (AvgIpc) is 3.14. The second-order valence-electron chi connectivity index (χ2n) is 9.91. The third kappa shape index (κ3) is 5.53. The van der Waals surface area contributed by atoms with E-state index in [1.165, 1.54) is 14.0 Å². The van der Waals surface area contributed by atoms with Gasteiger partial charge in [0.25, 0.3) is 0 Å². The maximum absolute atomic E-state index is 12.1. The predicted molar refractivity (Wildman–Crippen MR) is 133 cm³/mol. The van der Waals surface area contributed by atoms with Crippen molar-refractivity contribution >= 4 is 18.6 Å². The van der Waals surface area contributed by atoms with Gasteiger partial charge in [-0.25, -0.2) is 4.99 Å². The fraction of sp³-hybridized carbons (Fsp3) is 0.857. The summed E-state index contributed by atoms with van der Waals surface area (Å²) >= 11 is 0. The summed E-state index contributed by atoms with van der Waals surface area (Å²) in [4.78, 5) is 19.7. The molecule has 0 spiro atoms. The zero-order valence-electron chi connectivity index (χ0n) is 21.7. The number of hydrogen-bond donors (Lipinski definition) is 12. The Labute approximate surface area is 228 Å². The number of likely N-dealkylation sites (N-methyl/N-ethyl adjacent to an activating group) is 1. The van der Waals surface area contributed by atoms with Crippen molar-refractivity contribution in [2.24, 2.45) is 32.9 Å². The number of guanidine groups is 1. The van der Waals surface area contributed by atoms with Gasteiger partial charge in [-0.2, -0.15) is 0 Å². The molecule has 2 saturated heterocycles. The SMILES string of the molecule is CN[C@@H]1[C@H](O[C@H]2[C@H](O[C@@]3(N)[C@H](O)[C@@H](O)[C@H](N=CN)[C@@H](O)[C@@H]3N=C(N)N)O[C@@H](C)[C@]2(O)C=O)O[C@@H](CO)[C@H](O)[C@H]1O. The minimum Gasteiger partial charge on any atom is -0.394 e. The zero-order chi connectivity index (χ0) is 30.2. The molecule has 2 aliphatic heterocycles. The van der Waals surface area contributed by atoms with E-state index in [2.05, 4.69) is 15.3 Å². The number of nitrogens with two attached hydrogens (primary N) is 4. The molecule has 0 amide bonds. The number of ether oxygens (including phenoxy) is 4. The van der Waals surface area contributed by atoms with Gasteiger partial charge < -0.3 is 77.2 Å². The van der Waals surface area contributed by atoms with Crippen molar-refractivity contribution in [3.8, 4) is 0 Å². The van der Waals surface area contributed by atoms with Crippen LogP contribution in [0.4, 0.5) is 0 Å². The number of aliphatic imine (C=N–C) groups is 2. The molecule has 0 aromatic rings. The smallest absolute Gasteiger partial charge is 0.190 e. The zero-order valence-corrected chi connectivity index (χ0v) is 21.7. The molecule has 1 saturated carbocycles. The molecular formula is C21H39N7O12. The number of nitrogens with one attached hydrogen (secondary N) is 1. The Morgan fingerprint density at radius 3 is 2.25 bits per heavy atom. The third-order valence-electron chi connectivity index (χ3n) is 7.51. The second-order valence-corrected chi connectivity index (χ2v) is 9.91. The number of nitrogens with zero attached hydrogens (tertiary/aromatic N) is 2. The van der Waals surface area contributed by atoms with Crippen molar-refractivity contribution in [3.05, 3.63) is 0 Å². The van der Waals surface area contributed by atoms with Crippen molar-refractivity contribution in [1.29, 1.82) is 0 Å². The predicted octanol–water partition coefficient (Wildman–Crippen LogP) is -8.16. The Hall–Kier alpha value is -2.11. The van der Waals surface area contributed by atoms with Gasteiger partial charge in [-0.05, 0) is 14.0 Å². The van der Waals surface area contributed by atoms with Crippen LogP contribution in [-0.4, -0.2) is 159 Å². The maximum atomic E-state index is 12.1. The first-order valence-corrected chi connectivity index (χ1v) is 12.3. The first kappa shape index (κ1) is 32.4. The van der Waals surface area contributed by atoms with Crippen molar-refractivity contribution in [2.75, 3.05) is 13.7 Å².